The van der Waals surface area contributed by atoms with Crippen molar-refractivity contribution < 1.29 is 9.53 Å². The maximum absolute atomic E-state index is 11.5. The van der Waals surface area contributed by atoms with Crippen LogP contribution in [0.25, 0.3) is 0 Å². The van der Waals surface area contributed by atoms with E-state index < -0.39 is 0 Å². The molecule has 0 saturated heterocycles. The number of carbonyl (C=O) groups excluding carboxylic acids is 1. The van der Waals surface area contributed by atoms with E-state index in [2.05, 4.69) is 10.3 Å². The van der Waals surface area contributed by atoms with Crippen molar-refractivity contribution in [2.45, 2.75) is 0 Å². The summed E-state index contributed by atoms with van der Waals surface area (Å²) in [6.07, 6.45) is 0. The third kappa shape index (κ3) is 3.35. The molecule has 0 aliphatic carbocycles. The zero-order valence-electron chi connectivity index (χ0n) is 9.66. The first-order chi connectivity index (χ1) is 8.12. The molecule has 92 valence electrons. The van der Waals surface area contributed by atoms with Crippen LogP contribution in [-0.2, 0) is 0 Å². The number of amides is 1. The standard InChI is InChI=1S/C11H14ClN3O2/c1-14-11(16)7-3-4-9(17-2)8(5-7)15-10(13)6-12/h3-5H,6H2,1-2H3,(H2,13,15)(H,14,16). The Morgan fingerprint density at radius 3 is 2.82 bits per heavy atom. The van der Waals surface area contributed by atoms with Crippen molar-refractivity contribution in [1.82, 2.24) is 5.32 Å². The van der Waals surface area contributed by atoms with Crippen LogP contribution >= 0.6 is 11.6 Å². The Hall–Kier alpha value is -1.75. The van der Waals surface area contributed by atoms with E-state index in [1.807, 2.05) is 0 Å². The van der Waals surface area contributed by atoms with Gasteiger partial charge in [-0.05, 0) is 18.2 Å². The van der Waals surface area contributed by atoms with Gasteiger partial charge in [0.2, 0.25) is 0 Å². The van der Waals surface area contributed by atoms with Crippen LogP contribution in [0, 0.1) is 0 Å². The van der Waals surface area contributed by atoms with Crippen molar-refractivity contribution in [3.05, 3.63) is 23.8 Å². The fourth-order valence-corrected chi connectivity index (χ4v) is 1.31. The number of hydrogen-bond donors (Lipinski definition) is 2. The van der Waals surface area contributed by atoms with E-state index in [4.69, 9.17) is 22.1 Å². The Labute approximate surface area is 105 Å². The molecule has 1 aromatic rings. The number of rotatable bonds is 4. The van der Waals surface area contributed by atoms with Gasteiger partial charge in [-0.25, -0.2) is 4.99 Å². The molecule has 0 saturated carbocycles. The maximum Gasteiger partial charge on any atom is 0.251 e. The Balaban J connectivity index is 3.20. The SMILES string of the molecule is CNC(=O)c1ccc(OC)c(N=C(N)CCl)c1. The van der Waals surface area contributed by atoms with Crippen LogP contribution in [0.15, 0.2) is 23.2 Å². The summed E-state index contributed by atoms with van der Waals surface area (Å²) in [5.41, 5.74) is 6.51. The molecule has 5 nitrogen and oxygen atoms in total. The van der Waals surface area contributed by atoms with Gasteiger partial charge in [-0.15, -0.1) is 11.6 Å². The predicted octanol–water partition coefficient (Wildman–Crippen LogP) is 1.28. The summed E-state index contributed by atoms with van der Waals surface area (Å²) in [7, 11) is 3.08. The van der Waals surface area contributed by atoms with Crippen molar-refractivity contribution in [1.29, 1.82) is 0 Å². The minimum Gasteiger partial charge on any atom is -0.494 e. The van der Waals surface area contributed by atoms with Crippen LogP contribution in [0.5, 0.6) is 5.75 Å². The van der Waals surface area contributed by atoms with Crippen LogP contribution in [-0.4, -0.2) is 31.8 Å². The van der Waals surface area contributed by atoms with Crippen LogP contribution < -0.4 is 15.8 Å². The van der Waals surface area contributed by atoms with Gasteiger partial charge < -0.3 is 15.8 Å². The highest BCUT2D eigenvalue weighted by molar-refractivity contribution is 6.28. The molecule has 0 heterocycles. The lowest BCUT2D eigenvalue weighted by molar-refractivity contribution is 0.0963. The van der Waals surface area contributed by atoms with Crippen molar-refractivity contribution in [3.8, 4) is 5.75 Å². The number of ether oxygens (including phenoxy) is 1. The molecular weight excluding hydrogens is 242 g/mol. The van der Waals surface area contributed by atoms with E-state index in [1.54, 1.807) is 25.2 Å². The van der Waals surface area contributed by atoms with Gasteiger partial charge in [-0.1, -0.05) is 0 Å². The highest BCUT2D eigenvalue weighted by atomic mass is 35.5. The number of nitrogens with two attached hydrogens (primary N) is 1. The summed E-state index contributed by atoms with van der Waals surface area (Å²) in [6, 6.07) is 4.90. The molecule has 0 aliphatic rings. The van der Waals surface area contributed by atoms with Gasteiger partial charge in [0.05, 0.1) is 13.0 Å². The van der Waals surface area contributed by atoms with Crippen molar-refractivity contribution in [2.75, 3.05) is 20.0 Å². The summed E-state index contributed by atoms with van der Waals surface area (Å²) in [5, 5.41) is 2.53. The first-order valence-corrected chi connectivity index (χ1v) is 5.45. The van der Waals surface area contributed by atoms with Gasteiger partial charge in [0.15, 0.2) is 0 Å². The van der Waals surface area contributed by atoms with Crippen LogP contribution in [0.4, 0.5) is 5.69 Å². The van der Waals surface area contributed by atoms with Gasteiger partial charge in [0.25, 0.3) is 5.91 Å². The number of halogens is 1. The van der Waals surface area contributed by atoms with Crippen LogP contribution in [0.2, 0.25) is 0 Å². The highest BCUT2D eigenvalue weighted by Crippen LogP contribution is 2.28. The molecule has 0 bridgehead atoms. The smallest absolute Gasteiger partial charge is 0.251 e. The summed E-state index contributed by atoms with van der Waals surface area (Å²) in [6.45, 7) is 0. The summed E-state index contributed by atoms with van der Waals surface area (Å²) in [5.74, 6) is 0.714. The fourth-order valence-electron chi connectivity index (χ4n) is 1.25. The number of methoxy groups -OCH3 is 1. The van der Waals surface area contributed by atoms with Gasteiger partial charge >= 0.3 is 0 Å². The third-order valence-electron chi connectivity index (χ3n) is 2.07. The average Bonchev–Trinajstić information content (AvgIpc) is 2.37. The molecule has 3 N–H and O–H groups in total. The van der Waals surface area contributed by atoms with Gasteiger partial charge in [0.1, 0.15) is 17.3 Å². The van der Waals surface area contributed by atoms with Gasteiger partial charge in [0, 0.05) is 12.6 Å². The van der Waals surface area contributed by atoms with E-state index >= 15 is 0 Å². The van der Waals surface area contributed by atoms with E-state index in [1.165, 1.54) is 7.11 Å². The molecule has 0 aliphatic heterocycles. The van der Waals surface area contributed by atoms with Crippen molar-refractivity contribution >= 4 is 29.0 Å². The number of amidine groups is 1. The van der Waals surface area contributed by atoms with Crippen LogP contribution in [0.3, 0.4) is 0 Å². The Bertz CT molecular complexity index is 446. The lowest BCUT2D eigenvalue weighted by Crippen LogP contribution is -2.17. The Kier molecular flexibility index (Phi) is 4.78. The molecule has 0 radical (unpaired) electrons. The first-order valence-electron chi connectivity index (χ1n) is 4.91. The first kappa shape index (κ1) is 13.3. The largest absolute Gasteiger partial charge is 0.494 e. The van der Waals surface area contributed by atoms with Crippen LogP contribution in [0.1, 0.15) is 10.4 Å². The molecular formula is C11H14ClN3O2. The number of nitrogens with zero attached hydrogens (tertiary/aromatic N) is 1. The summed E-state index contributed by atoms with van der Waals surface area (Å²) >= 11 is 5.55. The molecule has 17 heavy (non-hydrogen) atoms. The number of nitrogens with one attached hydrogen (secondary N) is 1. The third-order valence-corrected chi connectivity index (χ3v) is 2.34. The highest BCUT2D eigenvalue weighted by Gasteiger charge is 2.08. The number of carbonyl (C=O) groups is 1. The molecule has 0 unspecified atom stereocenters. The summed E-state index contributed by atoms with van der Waals surface area (Å²) < 4.78 is 5.12. The number of alkyl halides is 1. The number of benzene rings is 1. The Morgan fingerprint density at radius 1 is 1.59 bits per heavy atom. The van der Waals surface area contributed by atoms with E-state index in [9.17, 15) is 4.79 Å². The second kappa shape index (κ2) is 6.10. The number of hydrogen-bond acceptors (Lipinski definition) is 3. The molecule has 0 atom stereocenters. The normalized spacial score (nSPS) is 11.1. The molecule has 0 aromatic heterocycles. The average molecular weight is 256 g/mol. The second-order valence-corrected chi connectivity index (χ2v) is 3.47. The van der Waals surface area contributed by atoms with E-state index in [0.717, 1.165) is 0 Å². The van der Waals surface area contributed by atoms with Gasteiger partial charge in [-0.2, -0.15) is 0 Å². The topological polar surface area (TPSA) is 76.7 Å². The molecule has 0 fully saturated rings. The molecule has 1 amide bonds. The predicted molar refractivity (Wildman–Crippen MR) is 68.4 cm³/mol. The van der Waals surface area contributed by atoms with Crippen molar-refractivity contribution in [3.63, 3.8) is 0 Å². The van der Waals surface area contributed by atoms with Crippen molar-refractivity contribution in [2.24, 2.45) is 10.7 Å². The van der Waals surface area contributed by atoms with Gasteiger partial charge in [-0.3, -0.25) is 4.79 Å². The monoisotopic (exact) mass is 255 g/mol. The number of aliphatic imine (C=N–C) groups is 1. The van der Waals surface area contributed by atoms with E-state index in [-0.39, 0.29) is 17.6 Å². The molecule has 1 aromatic carbocycles. The Morgan fingerprint density at radius 2 is 2.29 bits per heavy atom. The lowest BCUT2D eigenvalue weighted by Gasteiger charge is -2.07. The maximum atomic E-state index is 11.5. The molecule has 0 spiro atoms. The molecule has 6 heteroatoms. The zero-order valence-corrected chi connectivity index (χ0v) is 10.4. The minimum absolute atomic E-state index is 0.118. The second-order valence-electron chi connectivity index (χ2n) is 3.20. The quantitative estimate of drug-likeness (QED) is 0.483. The zero-order chi connectivity index (χ0) is 12.8. The van der Waals surface area contributed by atoms with E-state index in [0.29, 0.717) is 17.0 Å². The molecule has 1 rings (SSSR count). The summed E-state index contributed by atoms with van der Waals surface area (Å²) in [4.78, 5) is 15.5. The lowest BCUT2D eigenvalue weighted by atomic mass is 10.1. The minimum atomic E-state index is -0.200. The fraction of sp³-hybridized carbons (Fsp3) is 0.273.